The van der Waals surface area contributed by atoms with E-state index < -0.39 is 0 Å². The van der Waals surface area contributed by atoms with Crippen molar-refractivity contribution in [3.05, 3.63) is 0 Å². The third-order valence-electron chi connectivity index (χ3n) is 3.57. The SMILES string of the molecule is CCCNC(=O)CNC(=NC)NC1CCN(C(=O)OCC)CC1. The number of carbonyl (C=O) groups is 2. The topological polar surface area (TPSA) is 95.1 Å². The fourth-order valence-corrected chi connectivity index (χ4v) is 2.30. The fourth-order valence-electron chi connectivity index (χ4n) is 2.30. The van der Waals surface area contributed by atoms with E-state index in [0.717, 1.165) is 19.3 Å². The van der Waals surface area contributed by atoms with Crippen LogP contribution in [-0.4, -0.2) is 68.7 Å². The largest absolute Gasteiger partial charge is 0.450 e. The Hall–Kier alpha value is -1.99. The van der Waals surface area contributed by atoms with E-state index in [9.17, 15) is 9.59 Å². The van der Waals surface area contributed by atoms with Crippen molar-refractivity contribution in [2.75, 3.05) is 39.8 Å². The Morgan fingerprint density at radius 2 is 1.91 bits per heavy atom. The lowest BCUT2D eigenvalue weighted by Crippen LogP contribution is -2.51. The van der Waals surface area contributed by atoms with E-state index in [4.69, 9.17) is 4.74 Å². The number of likely N-dealkylation sites (tertiary alicyclic amines) is 1. The number of nitrogens with one attached hydrogen (secondary N) is 3. The minimum absolute atomic E-state index is 0.0491. The zero-order valence-corrected chi connectivity index (χ0v) is 14.4. The second kappa shape index (κ2) is 10.7. The van der Waals surface area contributed by atoms with Gasteiger partial charge in [-0.3, -0.25) is 9.79 Å². The second-order valence-electron chi connectivity index (χ2n) is 5.38. The molecule has 0 aromatic heterocycles. The van der Waals surface area contributed by atoms with Crippen molar-refractivity contribution in [3.8, 4) is 0 Å². The first kappa shape index (κ1) is 19.1. The summed E-state index contributed by atoms with van der Waals surface area (Å²) in [6.07, 6.45) is 2.31. The van der Waals surface area contributed by atoms with Crippen LogP contribution in [0.2, 0.25) is 0 Å². The van der Waals surface area contributed by atoms with E-state index in [0.29, 0.717) is 32.2 Å². The predicted molar refractivity (Wildman–Crippen MR) is 89.4 cm³/mol. The highest BCUT2D eigenvalue weighted by Crippen LogP contribution is 2.11. The predicted octanol–water partition coefficient (Wildman–Crippen LogP) is 0.299. The lowest BCUT2D eigenvalue weighted by molar-refractivity contribution is -0.120. The van der Waals surface area contributed by atoms with Gasteiger partial charge in [-0.2, -0.15) is 0 Å². The summed E-state index contributed by atoms with van der Waals surface area (Å²) >= 11 is 0. The van der Waals surface area contributed by atoms with Crippen molar-refractivity contribution in [3.63, 3.8) is 0 Å². The fraction of sp³-hybridized carbons (Fsp3) is 0.800. The minimum Gasteiger partial charge on any atom is -0.450 e. The molecule has 1 saturated heterocycles. The van der Waals surface area contributed by atoms with Gasteiger partial charge in [-0.05, 0) is 26.2 Å². The van der Waals surface area contributed by atoms with Crippen LogP contribution in [0.4, 0.5) is 4.79 Å². The molecule has 0 aromatic carbocycles. The van der Waals surface area contributed by atoms with E-state index in [2.05, 4.69) is 20.9 Å². The summed E-state index contributed by atoms with van der Waals surface area (Å²) in [7, 11) is 1.67. The van der Waals surface area contributed by atoms with Crippen molar-refractivity contribution in [2.45, 2.75) is 39.2 Å². The van der Waals surface area contributed by atoms with Crippen LogP contribution in [0.15, 0.2) is 4.99 Å². The lowest BCUT2D eigenvalue weighted by atomic mass is 10.1. The second-order valence-corrected chi connectivity index (χ2v) is 5.38. The van der Waals surface area contributed by atoms with Crippen LogP contribution in [0.5, 0.6) is 0 Å². The number of rotatable bonds is 6. The lowest BCUT2D eigenvalue weighted by Gasteiger charge is -2.32. The number of hydrogen-bond acceptors (Lipinski definition) is 4. The molecule has 1 fully saturated rings. The summed E-state index contributed by atoms with van der Waals surface area (Å²) in [5.41, 5.74) is 0. The Bertz CT molecular complexity index is 406. The molecule has 23 heavy (non-hydrogen) atoms. The first-order valence-corrected chi connectivity index (χ1v) is 8.26. The number of guanidine groups is 1. The Morgan fingerprint density at radius 3 is 2.48 bits per heavy atom. The molecule has 3 N–H and O–H groups in total. The minimum atomic E-state index is -0.249. The van der Waals surface area contributed by atoms with Crippen molar-refractivity contribution >= 4 is 18.0 Å². The molecule has 2 amide bonds. The number of carbonyl (C=O) groups excluding carboxylic acids is 2. The Kier molecular flexibility index (Phi) is 8.86. The van der Waals surface area contributed by atoms with Gasteiger partial charge in [0.2, 0.25) is 5.91 Å². The molecular weight excluding hydrogens is 298 g/mol. The van der Waals surface area contributed by atoms with Crippen LogP contribution in [0, 0.1) is 0 Å². The van der Waals surface area contributed by atoms with Crippen molar-refractivity contribution < 1.29 is 14.3 Å². The van der Waals surface area contributed by atoms with Crippen molar-refractivity contribution in [1.29, 1.82) is 0 Å². The van der Waals surface area contributed by atoms with Crippen molar-refractivity contribution in [2.24, 2.45) is 4.99 Å². The summed E-state index contributed by atoms with van der Waals surface area (Å²) in [5.74, 6) is 0.554. The summed E-state index contributed by atoms with van der Waals surface area (Å²) < 4.78 is 5.00. The summed E-state index contributed by atoms with van der Waals surface area (Å²) in [5, 5.41) is 9.09. The molecule has 1 aliphatic heterocycles. The number of ether oxygens (including phenoxy) is 1. The molecule has 132 valence electrons. The number of amides is 2. The van der Waals surface area contributed by atoms with E-state index in [1.807, 2.05) is 6.92 Å². The van der Waals surface area contributed by atoms with Gasteiger partial charge in [-0.15, -0.1) is 0 Å². The third-order valence-corrected chi connectivity index (χ3v) is 3.57. The van der Waals surface area contributed by atoms with Crippen LogP contribution in [0.3, 0.4) is 0 Å². The third kappa shape index (κ3) is 7.21. The van der Waals surface area contributed by atoms with Gasteiger partial charge in [0.05, 0.1) is 13.2 Å². The molecule has 1 rings (SSSR count). The molecule has 8 nitrogen and oxygen atoms in total. The molecule has 0 saturated carbocycles. The number of nitrogens with zero attached hydrogens (tertiary/aromatic N) is 2. The van der Waals surface area contributed by atoms with Gasteiger partial charge in [0.1, 0.15) is 0 Å². The maximum Gasteiger partial charge on any atom is 0.409 e. The van der Waals surface area contributed by atoms with E-state index >= 15 is 0 Å². The summed E-state index contributed by atoms with van der Waals surface area (Å²) in [6.45, 7) is 6.40. The van der Waals surface area contributed by atoms with Gasteiger partial charge in [0.15, 0.2) is 5.96 Å². The van der Waals surface area contributed by atoms with Crippen LogP contribution >= 0.6 is 0 Å². The van der Waals surface area contributed by atoms with Crippen LogP contribution in [0.1, 0.15) is 33.1 Å². The van der Waals surface area contributed by atoms with Crippen molar-refractivity contribution in [1.82, 2.24) is 20.9 Å². The van der Waals surface area contributed by atoms with Gasteiger partial charge in [-0.25, -0.2) is 4.79 Å². The van der Waals surface area contributed by atoms with Gasteiger partial charge in [0, 0.05) is 32.7 Å². The summed E-state index contributed by atoms with van der Waals surface area (Å²) in [4.78, 5) is 29.1. The van der Waals surface area contributed by atoms with Gasteiger partial charge in [0.25, 0.3) is 0 Å². The zero-order valence-electron chi connectivity index (χ0n) is 14.4. The average molecular weight is 327 g/mol. The molecule has 0 radical (unpaired) electrons. The zero-order chi connectivity index (χ0) is 17.1. The number of piperidine rings is 1. The normalized spacial score (nSPS) is 16.0. The van der Waals surface area contributed by atoms with Crippen LogP contribution in [-0.2, 0) is 9.53 Å². The smallest absolute Gasteiger partial charge is 0.409 e. The molecule has 0 spiro atoms. The first-order valence-electron chi connectivity index (χ1n) is 8.26. The maximum absolute atomic E-state index is 11.6. The van der Waals surface area contributed by atoms with E-state index in [1.54, 1.807) is 18.9 Å². The molecule has 1 aliphatic rings. The first-order chi connectivity index (χ1) is 11.1. The van der Waals surface area contributed by atoms with Gasteiger partial charge < -0.3 is 25.6 Å². The molecule has 0 unspecified atom stereocenters. The highest BCUT2D eigenvalue weighted by molar-refractivity contribution is 5.86. The Morgan fingerprint density at radius 1 is 1.22 bits per heavy atom. The molecule has 0 aromatic rings. The Labute approximate surface area is 138 Å². The van der Waals surface area contributed by atoms with Crippen LogP contribution in [0.25, 0.3) is 0 Å². The number of hydrogen-bond donors (Lipinski definition) is 3. The average Bonchev–Trinajstić information content (AvgIpc) is 2.57. The molecule has 8 heteroatoms. The standard InChI is InChI=1S/C15H29N5O3/c1-4-8-17-13(21)11-18-14(16-3)19-12-6-9-20(10-7-12)15(22)23-5-2/h12H,4-11H2,1-3H3,(H,17,21)(H2,16,18,19). The van der Waals surface area contributed by atoms with Crippen LogP contribution < -0.4 is 16.0 Å². The molecule has 0 bridgehead atoms. The highest BCUT2D eigenvalue weighted by Gasteiger charge is 2.24. The highest BCUT2D eigenvalue weighted by atomic mass is 16.6. The number of aliphatic imine (C=N–C) groups is 1. The quantitative estimate of drug-likeness (QED) is 0.482. The molecule has 1 heterocycles. The summed E-state index contributed by atoms with van der Waals surface area (Å²) in [6, 6.07) is 0.227. The Balaban J connectivity index is 2.29. The molecule has 0 atom stereocenters. The van der Waals surface area contributed by atoms with Gasteiger partial charge in [-0.1, -0.05) is 6.92 Å². The van der Waals surface area contributed by atoms with Gasteiger partial charge >= 0.3 is 6.09 Å². The van der Waals surface area contributed by atoms with E-state index in [1.165, 1.54) is 0 Å². The molecular formula is C15H29N5O3. The van der Waals surface area contributed by atoms with E-state index in [-0.39, 0.29) is 24.6 Å². The maximum atomic E-state index is 11.6. The monoisotopic (exact) mass is 327 g/mol. The molecule has 0 aliphatic carbocycles.